The molecule has 3 aromatic carbocycles. The van der Waals surface area contributed by atoms with E-state index < -0.39 is 0 Å². The van der Waals surface area contributed by atoms with E-state index in [1.54, 1.807) is 12.1 Å². The second-order valence-electron chi connectivity index (χ2n) is 5.29. The molecule has 0 bridgehead atoms. The number of benzene rings is 3. The first kappa shape index (κ1) is 11.4. The first-order chi connectivity index (χ1) is 9.74. The molecule has 98 valence electrons. The molecule has 0 aliphatic heterocycles. The Kier molecular flexibility index (Phi) is 2.27. The maximum Gasteiger partial charge on any atom is 0.116 e. The van der Waals surface area contributed by atoms with Crippen LogP contribution < -0.4 is 0 Å². The lowest BCUT2D eigenvalue weighted by atomic mass is 9.86. The molecule has 2 N–H and O–H groups in total. The first-order valence-corrected chi connectivity index (χ1v) is 6.81. The van der Waals surface area contributed by atoms with Gasteiger partial charge in [-0.2, -0.15) is 0 Å². The molecule has 0 radical (unpaired) electrons. The van der Waals surface area contributed by atoms with Gasteiger partial charge in [-0.15, -0.1) is 0 Å². The quantitative estimate of drug-likeness (QED) is 0.591. The Morgan fingerprint density at radius 2 is 1.40 bits per heavy atom. The van der Waals surface area contributed by atoms with Crippen LogP contribution in [0.25, 0.3) is 27.6 Å². The van der Waals surface area contributed by atoms with Gasteiger partial charge in [-0.1, -0.05) is 24.3 Å². The average Bonchev–Trinajstić information content (AvgIpc) is 2.47. The van der Waals surface area contributed by atoms with Crippen LogP contribution in [0.3, 0.4) is 0 Å². The first-order valence-electron chi connectivity index (χ1n) is 6.81. The van der Waals surface area contributed by atoms with E-state index in [1.807, 2.05) is 24.3 Å². The fraction of sp³-hybridized carbons (Fsp3) is 0.111. The Morgan fingerprint density at radius 3 is 2.15 bits per heavy atom. The minimum absolute atomic E-state index is 0.289. The van der Waals surface area contributed by atoms with Crippen LogP contribution in [-0.2, 0) is 6.42 Å². The summed E-state index contributed by atoms with van der Waals surface area (Å²) in [6, 6.07) is 11.0. The summed E-state index contributed by atoms with van der Waals surface area (Å²) >= 11 is 0. The zero-order chi connectivity index (χ0) is 13.7. The Bertz CT molecular complexity index is 876. The summed E-state index contributed by atoms with van der Waals surface area (Å²) in [6.07, 6.45) is 6.28. The normalized spacial score (nSPS) is 13.8. The highest BCUT2D eigenvalue weighted by Crippen LogP contribution is 2.38. The average molecular weight is 262 g/mol. The van der Waals surface area contributed by atoms with Crippen molar-refractivity contribution < 1.29 is 10.2 Å². The van der Waals surface area contributed by atoms with Gasteiger partial charge in [0.1, 0.15) is 11.5 Å². The van der Waals surface area contributed by atoms with E-state index in [0.717, 1.165) is 34.4 Å². The minimum Gasteiger partial charge on any atom is -0.508 e. The molecular weight excluding hydrogens is 248 g/mol. The smallest absolute Gasteiger partial charge is 0.116 e. The number of fused-ring (bicyclic) bond motifs is 6. The molecule has 0 amide bonds. The molecule has 0 spiro atoms. The molecule has 1 aliphatic rings. The molecule has 0 atom stereocenters. The van der Waals surface area contributed by atoms with Gasteiger partial charge in [0.05, 0.1) is 0 Å². The number of aryl methyl sites for hydroxylation is 1. The van der Waals surface area contributed by atoms with Gasteiger partial charge in [0.2, 0.25) is 0 Å². The summed E-state index contributed by atoms with van der Waals surface area (Å²) < 4.78 is 0. The maximum absolute atomic E-state index is 9.79. The number of phenols is 2. The second-order valence-corrected chi connectivity index (χ2v) is 5.29. The predicted molar refractivity (Wildman–Crippen MR) is 82.1 cm³/mol. The van der Waals surface area contributed by atoms with Gasteiger partial charge in [0, 0.05) is 0 Å². The Morgan fingerprint density at radius 1 is 0.750 bits per heavy atom. The van der Waals surface area contributed by atoms with Gasteiger partial charge in [0.15, 0.2) is 0 Å². The zero-order valence-corrected chi connectivity index (χ0v) is 10.9. The maximum atomic E-state index is 9.79. The molecule has 0 unspecified atom stereocenters. The predicted octanol–water partition coefficient (Wildman–Crippen LogP) is 4.36. The Balaban J connectivity index is 2.29. The van der Waals surface area contributed by atoms with E-state index in [2.05, 4.69) is 12.2 Å². The molecule has 20 heavy (non-hydrogen) atoms. The topological polar surface area (TPSA) is 40.5 Å². The van der Waals surface area contributed by atoms with E-state index in [4.69, 9.17) is 0 Å². The van der Waals surface area contributed by atoms with Crippen molar-refractivity contribution in [2.75, 3.05) is 0 Å². The van der Waals surface area contributed by atoms with Gasteiger partial charge in [0.25, 0.3) is 0 Å². The van der Waals surface area contributed by atoms with Crippen molar-refractivity contribution in [3.8, 4) is 11.5 Å². The SMILES string of the molecule is Oc1ccc2c(c1)c1c(c3cc(O)ccc32)CCC=C1. The number of phenolic OH excluding ortho intramolecular Hbond substituents is 2. The van der Waals surface area contributed by atoms with E-state index in [0.29, 0.717) is 5.75 Å². The largest absolute Gasteiger partial charge is 0.508 e. The van der Waals surface area contributed by atoms with E-state index >= 15 is 0 Å². The number of aromatic hydroxyl groups is 2. The van der Waals surface area contributed by atoms with E-state index in [9.17, 15) is 10.2 Å². The lowest BCUT2D eigenvalue weighted by Crippen LogP contribution is -1.97. The molecule has 3 aromatic rings. The van der Waals surface area contributed by atoms with E-state index in [-0.39, 0.29) is 5.75 Å². The van der Waals surface area contributed by atoms with Crippen LogP contribution in [0.5, 0.6) is 11.5 Å². The van der Waals surface area contributed by atoms with Crippen molar-refractivity contribution in [3.63, 3.8) is 0 Å². The monoisotopic (exact) mass is 262 g/mol. The lowest BCUT2D eigenvalue weighted by Gasteiger charge is -2.18. The highest BCUT2D eigenvalue weighted by atomic mass is 16.3. The van der Waals surface area contributed by atoms with E-state index in [1.165, 1.54) is 11.1 Å². The van der Waals surface area contributed by atoms with Crippen molar-refractivity contribution in [2.45, 2.75) is 12.8 Å². The van der Waals surface area contributed by atoms with Crippen LogP contribution in [0.1, 0.15) is 17.5 Å². The highest BCUT2D eigenvalue weighted by Gasteiger charge is 2.15. The van der Waals surface area contributed by atoms with Crippen LogP contribution >= 0.6 is 0 Å². The fourth-order valence-corrected chi connectivity index (χ4v) is 3.20. The number of allylic oxidation sites excluding steroid dienone is 1. The number of rotatable bonds is 0. The van der Waals surface area contributed by atoms with Crippen LogP contribution in [-0.4, -0.2) is 10.2 Å². The molecule has 0 fully saturated rings. The summed E-state index contributed by atoms with van der Waals surface area (Å²) in [4.78, 5) is 0. The minimum atomic E-state index is 0.289. The van der Waals surface area contributed by atoms with Crippen molar-refractivity contribution in [1.29, 1.82) is 0 Å². The molecule has 1 aliphatic carbocycles. The third-order valence-corrected chi connectivity index (χ3v) is 4.08. The molecule has 2 nitrogen and oxygen atoms in total. The number of hydrogen-bond donors (Lipinski definition) is 2. The Labute approximate surface area is 116 Å². The zero-order valence-electron chi connectivity index (χ0n) is 10.9. The van der Waals surface area contributed by atoms with Crippen LogP contribution in [0.2, 0.25) is 0 Å². The van der Waals surface area contributed by atoms with Crippen LogP contribution in [0, 0.1) is 0 Å². The fourth-order valence-electron chi connectivity index (χ4n) is 3.20. The van der Waals surface area contributed by atoms with Crippen LogP contribution in [0.4, 0.5) is 0 Å². The van der Waals surface area contributed by atoms with Gasteiger partial charge in [-0.3, -0.25) is 0 Å². The van der Waals surface area contributed by atoms with Gasteiger partial charge >= 0.3 is 0 Å². The number of hydrogen-bond acceptors (Lipinski definition) is 2. The van der Waals surface area contributed by atoms with Crippen molar-refractivity contribution in [3.05, 3.63) is 53.6 Å². The van der Waals surface area contributed by atoms with Gasteiger partial charge in [-0.05, 0) is 69.8 Å². The van der Waals surface area contributed by atoms with Crippen LogP contribution in [0.15, 0.2) is 42.5 Å². The standard InChI is InChI=1S/C18H14O2/c19-11-5-7-15-16-8-6-12(20)10-18(16)14-4-2-1-3-13(14)17(15)9-11/h1,3,5-10,19-20H,2,4H2. The van der Waals surface area contributed by atoms with Crippen molar-refractivity contribution >= 4 is 27.6 Å². The summed E-state index contributed by atoms with van der Waals surface area (Å²) in [5.74, 6) is 0.587. The summed E-state index contributed by atoms with van der Waals surface area (Å²) in [5, 5.41) is 24.0. The molecule has 0 saturated carbocycles. The second kappa shape index (κ2) is 4.01. The van der Waals surface area contributed by atoms with Crippen molar-refractivity contribution in [2.24, 2.45) is 0 Å². The molecule has 0 saturated heterocycles. The molecule has 2 heteroatoms. The summed E-state index contributed by atoms with van der Waals surface area (Å²) in [5.41, 5.74) is 2.43. The Hall–Kier alpha value is -2.48. The van der Waals surface area contributed by atoms with Gasteiger partial charge in [-0.25, -0.2) is 0 Å². The summed E-state index contributed by atoms with van der Waals surface area (Å²) in [6.45, 7) is 0. The molecule has 0 aromatic heterocycles. The van der Waals surface area contributed by atoms with Crippen molar-refractivity contribution in [1.82, 2.24) is 0 Å². The lowest BCUT2D eigenvalue weighted by molar-refractivity contribution is 0.475. The molecule has 4 rings (SSSR count). The highest BCUT2D eigenvalue weighted by molar-refractivity contribution is 6.13. The summed E-state index contributed by atoms with van der Waals surface area (Å²) in [7, 11) is 0. The third-order valence-electron chi connectivity index (χ3n) is 4.08. The third kappa shape index (κ3) is 1.51. The molecule has 0 heterocycles. The van der Waals surface area contributed by atoms with Gasteiger partial charge < -0.3 is 10.2 Å². The molecular formula is C18H14O2.